The van der Waals surface area contributed by atoms with Crippen LogP contribution in [0.2, 0.25) is 5.02 Å². The molecule has 0 spiro atoms. The molecule has 1 aromatic carbocycles. The fourth-order valence-electron chi connectivity index (χ4n) is 1.04. The van der Waals surface area contributed by atoms with Crippen molar-refractivity contribution < 1.29 is 4.84 Å². The number of thioether (sulfide) groups is 1. The highest BCUT2D eigenvalue weighted by atomic mass is 35.5. The minimum Gasteiger partial charge on any atom is -0.304 e. The van der Waals surface area contributed by atoms with Crippen LogP contribution in [0.15, 0.2) is 23.1 Å². The Bertz CT molecular complexity index is 280. The summed E-state index contributed by atoms with van der Waals surface area (Å²) in [6.45, 7) is 0.498. The molecule has 0 radical (unpaired) electrons. The number of rotatable bonds is 4. The van der Waals surface area contributed by atoms with Crippen LogP contribution in [0.4, 0.5) is 0 Å². The van der Waals surface area contributed by atoms with Crippen LogP contribution in [0.25, 0.3) is 0 Å². The fourth-order valence-corrected chi connectivity index (χ4v) is 1.71. The van der Waals surface area contributed by atoms with Gasteiger partial charge in [-0.2, -0.15) is 0 Å². The highest BCUT2D eigenvalue weighted by Gasteiger charge is 2.01. The van der Waals surface area contributed by atoms with Crippen molar-refractivity contribution in [3.63, 3.8) is 0 Å². The maximum Gasteiger partial charge on any atom is 0.0720 e. The summed E-state index contributed by atoms with van der Waals surface area (Å²) in [6.07, 6.45) is 2.79. The number of hydrogen-bond donors (Lipinski definition) is 1. The quantitative estimate of drug-likeness (QED) is 0.622. The number of hydrogen-bond acceptors (Lipinski definition) is 3. The molecule has 0 unspecified atom stereocenters. The first-order valence-electron chi connectivity index (χ1n) is 3.92. The zero-order chi connectivity index (χ0) is 9.68. The monoisotopic (exact) mass is 217 g/mol. The van der Waals surface area contributed by atoms with E-state index in [0.29, 0.717) is 6.61 Å². The van der Waals surface area contributed by atoms with Crippen LogP contribution in [0, 0.1) is 0 Å². The summed E-state index contributed by atoms with van der Waals surface area (Å²) in [5.41, 5.74) is 1.08. The Kier molecular flexibility index (Phi) is 4.59. The molecule has 0 fully saturated rings. The molecule has 0 aliphatic rings. The molecule has 0 saturated carbocycles. The van der Waals surface area contributed by atoms with Crippen molar-refractivity contribution in [3.05, 3.63) is 28.8 Å². The lowest BCUT2D eigenvalue weighted by Gasteiger charge is -2.05. The Labute approximate surface area is 87.4 Å². The van der Waals surface area contributed by atoms with Gasteiger partial charge in [0.05, 0.1) is 6.61 Å². The van der Waals surface area contributed by atoms with Crippen LogP contribution < -0.4 is 5.90 Å². The normalized spacial score (nSPS) is 10.4. The molecule has 2 nitrogen and oxygen atoms in total. The highest BCUT2D eigenvalue weighted by Crippen LogP contribution is 2.23. The van der Waals surface area contributed by atoms with Gasteiger partial charge < -0.3 is 4.84 Å². The molecule has 1 aromatic rings. The van der Waals surface area contributed by atoms with Crippen molar-refractivity contribution in [2.24, 2.45) is 5.90 Å². The first-order valence-corrected chi connectivity index (χ1v) is 5.52. The zero-order valence-electron chi connectivity index (χ0n) is 7.42. The summed E-state index contributed by atoms with van der Waals surface area (Å²) < 4.78 is 0. The molecule has 0 aliphatic carbocycles. The van der Waals surface area contributed by atoms with Crippen molar-refractivity contribution in [2.45, 2.75) is 11.3 Å². The van der Waals surface area contributed by atoms with Gasteiger partial charge in [0.25, 0.3) is 0 Å². The van der Waals surface area contributed by atoms with Crippen LogP contribution in [0.5, 0.6) is 0 Å². The Morgan fingerprint density at radius 3 is 2.92 bits per heavy atom. The van der Waals surface area contributed by atoms with Crippen molar-refractivity contribution in [3.8, 4) is 0 Å². The third-order valence-corrected chi connectivity index (χ3v) is 2.84. The summed E-state index contributed by atoms with van der Waals surface area (Å²) in [5, 5.41) is 0.773. The summed E-state index contributed by atoms with van der Waals surface area (Å²) in [6, 6.07) is 5.96. The highest BCUT2D eigenvalue weighted by molar-refractivity contribution is 7.98. The summed E-state index contributed by atoms with van der Waals surface area (Å²) >= 11 is 7.68. The van der Waals surface area contributed by atoms with E-state index in [1.54, 1.807) is 11.8 Å². The Morgan fingerprint density at radius 1 is 1.54 bits per heavy atom. The Hall–Kier alpha value is -0.220. The second kappa shape index (κ2) is 5.50. The average Bonchev–Trinajstić information content (AvgIpc) is 2.17. The van der Waals surface area contributed by atoms with E-state index >= 15 is 0 Å². The van der Waals surface area contributed by atoms with Gasteiger partial charge in [0.15, 0.2) is 0 Å². The molecule has 13 heavy (non-hydrogen) atoms. The van der Waals surface area contributed by atoms with Gasteiger partial charge in [0, 0.05) is 9.92 Å². The molecule has 0 amide bonds. The summed E-state index contributed by atoms with van der Waals surface area (Å²) in [7, 11) is 0. The van der Waals surface area contributed by atoms with Gasteiger partial charge in [-0.3, -0.25) is 0 Å². The van der Waals surface area contributed by atoms with Crippen molar-refractivity contribution >= 4 is 23.4 Å². The fraction of sp³-hybridized carbons (Fsp3) is 0.333. The van der Waals surface area contributed by atoms with E-state index in [1.165, 1.54) is 4.90 Å². The third kappa shape index (κ3) is 3.19. The minimum atomic E-state index is 0.498. The van der Waals surface area contributed by atoms with Gasteiger partial charge in [0.2, 0.25) is 0 Å². The second-order valence-corrected chi connectivity index (χ2v) is 3.86. The lowest BCUT2D eigenvalue weighted by Crippen LogP contribution is -2.04. The van der Waals surface area contributed by atoms with Gasteiger partial charge in [-0.1, -0.05) is 11.6 Å². The van der Waals surface area contributed by atoms with Crippen LogP contribution in [0.3, 0.4) is 0 Å². The largest absolute Gasteiger partial charge is 0.304 e. The third-order valence-electron chi connectivity index (χ3n) is 1.74. The number of nitrogens with two attached hydrogens (primary N) is 1. The van der Waals surface area contributed by atoms with E-state index in [0.717, 1.165) is 17.0 Å². The van der Waals surface area contributed by atoms with Gasteiger partial charge in [0.1, 0.15) is 0 Å². The van der Waals surface area contributed by atoms with Gasteiger partial charge in [-0.25, -0.2) is 5.90 Å². The van der Waals surface area contributed by atoms with Crippen molar-refractivity contribution in [1.29, 1.82) is 0 Å². The van der Waals surface area contributed by atoms with E-state index in [-0.39, 0.29) is 0 Å². The Morgan fingerprint density at radius 2 is 2.31 bits per heavy atom. The molecular weight excluding hydrogens is 206 g/mol. The van der Waals surface area contributed by atoms with Crippen molar-refractivity contribution in [1.82, 2.24) is 0 Å². The second-order valence-electron chi connectivity index (χ2n) is 2.58. The van der Waals surface area contributed by atoms with Gasteiger partial charge in [-0.15, -0.1) is 11.8 Å². The zero-order valence-corrected chi connectivity index (χ0v) is 8.99. The average molecular weight is 218 g/mol. The van der Waals surface area contributed by atoms with Gasteiger partial charge >= 0.3 is 0 Å². The van der Waals surface area contributed by atoms with E-state index in [1.807, 2.05) is 18.4 Å². The lowest BCUT2D eigenvalue weighted by molar-refractivity contribution is 0.141. The SMILES string of the molecule is CSc1ccc(Cl)c(CCON)c1. The molecule has 0 saturated heterocycles. The maximum atomic E-state index is 5.98. The first-order chi connectivity index (χ1) is 6.27. The van der Waals surface area contributed by atoms with E-state index in [2.05, 4.69) is 10.9 Å². The van der Waals surface area contributed by atoms with Crippen molar-refractivity contribution in [2.75, 3.05) is 12.9 Å². The maximum absolute atomic E-state index is 5.98. The predicted molar refractivity (Wildman–Crippen MR) is 57.1 cm³/mol. The molecule has 0 heterocycles. The summed E-state index contributed by atoms with van der Waals surface area (Å²) in [4.78, 5) is 5.71. The molecule has 2 N–H and O–H groups in total. The topological polar surface area (TPSA) is 35.2 Å². The van der Waals surface area contributed by atoms with Crippen LogP contribution in [-0.4, -0.2) is 12.9 Å². The molecule has 0 aliphatic heterocycles. The molecule has 72 valence electrons. The molecule has 0 aromatic heterocycles. The molecular formula is C9H12ClNOS. The number of benzene rings is 1. The smallest absolute Gasteiger partial charge is 0.0720 e. The molecule has 0 bridgehead atoms. The van der Waals surface area contributed by atoms with E-state index in [4.69, 9.17) is 17.5 Å². The molecule has 1 rings (SSSR count). The van der Waals surface area contributed by atoms with Crippen LogP contribution in [-0.2, 0) is 11.3 Å². The first kappa shape index (κ1) is 10.9. The van der Waals surface area contributed by atoms with E-state index in [9.17, 15) is 0 Å². The standard InChI is InChI=1S/C9H12ClNOS/c1-13-8-2-3-9(10)7(6-8)4-5-12-11/h2-3,6H,4-5,11H2,1H3. The van der Waals surface area contributed by atoms with Crippen LogP contribution >= 0.6 is 23.4 Å². The Balaban J connectivity index is 2.78. The summed E-state index contributed by atoms with van der Waals surface area (Å²) in [5.74, 6) is 4.95. The lowest BCUT2D eigenvalue weighted by atomic mass is 10.2. The van der Waals surface area contributed by atoms with E-state index < -0.39 is 0 Å². The van der Waals surface area contributed by atoms with Crippen LogP contribution in [0.1, 0.15) is 5.56 Å². The van der Waals surface area contributed by atoms with Gasteiger partial charge in [-0.05, 0) is 36.4 Å². The molecule has 4 heteroatoms. The minimum absolute atomic E-state index is 0.498. The number of halogens is 1. The molecule has 0 atom stereocenters. The predicted octanol–water partition coefficient (Wildman–Crippen LogP) is 2.49.